The third kappa shape index (κ3) is 3.99. The van der Waals surface area contributed by atoms with Gasteiger partial charge in [0, 0.05) is 6.54 Å². The van der Waals surface area contributed by atoms with Crippen LogP contribution >= 0.6 is 0 Å². The summed E-state index contributed by atoms with van der Waals surface area (Å²) in [6, 6.07) is 15.9. The number of amides is 1. The van der Waals surface area contributed by atoms with Crippen molar-refractivity contribution in [3.63, 3.8) is 0 Å². The van der Waals surface area contributed by atoms with E-state index in [0.717, 1.165) is 35.4 Å². The maximum Gasteiger partial charge on any atom is 0.241 e. The van der Waals surface area contributed by atoms with Gasteiger partial charge in [-0.2, -0.15) is 0 Å². The molecule has 0 aliphatic carbocycles. The molecule has 0 saturated carbocycles. The van der Waals surface area contributed by atoms with Gasteiger partial charge in [-0.05, 0) is 55.8 Å². The van der Waals surface area contributed by atoms with E-state index >= 15 is 0 Å². The SMILES string of the molecule is COc1cccc(C(CNC(=O)Cn2nnc3ccccc32)N2CCCC2)c1. The second kappa shape index (κ2) is 8.39. The normalized spacial score (nSPS) is 15.6. The predicted octanol–water partition coefficient (Wildman–Crippen LogP) is 2.39. The zero-order chi connectivity index (χ0) is 19.3. The molecule has 2 aromatic carbocycles. The maximum atomic E-state index is 12.6. The molecule has 3 aromatic rings. The van der Waals surface area contributed by atoms with Gasteiger partial charge in [-0.1, -0.05) is 29.5 Å². The first-order valence-electron chi connectivity index (χ1n) is 9.67. The predicted molar refractivity (Wildman–Crippen MR) is 107 cm³/mol. The van der Waals surface area contributed by atoms with Crippen LogP contribution < -0.4 is 10.1 Å². The van der Waals surface area contributed by atoms with Gasteiger partial charge in [0.1, 0.15) is 17.8 Å². The Morgan fingerprint density at radius 2 is 2.00 bits per heavy atom. The number of carbonyl (C=O) groups is 1. The Morgan fingerprint density at radius 1 is 1.18 bits per heavy atom. The third-order valence-corrected chi connectivity index (χ3v) is 5.27. The molecule has 0 spiro atoms. The van der Waals surface area contributed by atoms with E-state index < -0.39 is 0 Å². The number of likely N-dealkylation sites (tertiary alicyclic amines) is 1. The van der Waals surface area contributed by atoms with Crippen molar-refractivity contribution in [3.8, 4) is 5.75 Å². The molecule has 1 aromatic heterocycles. The van der Waals surface area contributed by atoms with Gasteiger partial charge in [0.2, 0.25) is 5.91 Å². The van der Waals surface area contributed by atoms with Crippen molar-refractivity contribution in [2.24, 2.45) is 0 Å². The molecule has 2 heterocycles. The van der Waals surface area contributed by atoms with Gasteiger partial charge in [-0.25, -0.2) is 4.68 Å². The summed E-state index contributed by atoms with van der Waals surface area (Å²) in [5.74, 6) is 0.768. The van der Waals surface area contributed by atoms with Crippen molar-refractivity contribution >= 4 is 16.9 Å². The van der Waals surface area contributed by atoms with E-state index in [2.05, 4.69) is 32.7 Å². The second-order valence-electron chi connectivity index (χ2n) is 7.08. The standard InChI is InChI=1S/C21H25N5O2/c1-28-17-8-6-7-16(13-17)20(25-11-4-5-12-25)14-22-21(27)15-26-19-10-3-2-9-18(19)23-24-26/h2-3,6-10,13,20H,4-5,11-12,14-15H2,1H3,(H,22,27). The van der Waals surface area contributed by atoms with Crippen molar-refractivity contribution in [1.82, 2.24) is 25.2 Å². The molecular weight excluding hydrogens is 354 g/mol. The van der Waals surface area contributed by atoms with Gasteiger partial charge in [0.25, 0.3) is 0 Å². The largest absolute Gasteiger partial charge is 0.497 e. The van der Waals surface area contributed by atoms with Crippen LogP contribution in [0.25, 0.3) is 11.0 Å². The molecule has 1 aliphatic rings. The first-order chi connectivity index (χ1) is 13.7. The number of fused-ring (bicyclic) bond motifs is 1. The van der Waals surface area contributed by atoms with Crippen LogP contribution in [0.2, 0.25) is 0 Å². The summed E-state index contributed by atoms with van der Waals surface area (Å²) in [5.41, 5.74) is 2.82. The Hall–Kier alpha value is -2.93. The van der Waals surface area contributed by atoms with Gasteiger partial charge in [-0.15, -0.1) is 5.10 Å². The first-order valence-corrected chi connectivity index (χ1v) is 9.67. The van der Waals surface area contributed by atoms with Crippen LogP contribution in [-0.4, -0.2) is 52.5 Å². The highest BCUT2D eigenvalue weighted by molar-refractivity contribution is 5.79. The molecule has 146 valence electrons. The van der Waals surface area contributed by atoms with Crippen LogP contribution in [0.4, 0.5) is 0 Å². The molecule has 1 N–H and O–H groups in total. The number of para-hydroxylation sites is 1. The summed E-state index contributed by atoms with van der Waals surface area (Å²) in [6.07, 6.45) is 2.39. The van der Waals surface area contributed by atoms with Crippen LogP contribution in [-0.2, 0) is 11.3 Å². The minimum Gasteiger partial charge on any atom is -0.497 e. The number of aromatic nitrogens is 3. The molecule has 1 amide bonds. The third-order valence-electron chi connectivity index (χ3n) is 5.27. The number of hydrogen-bond acceptors (Lipinski definition) is 5. The van der Waals surface area contributed by atoms with Crippen LogP contribution in [0.3, 0.4) is 0 Å². The lowest BCUT2D eigenvalue weighted by molar-refractivity contribution is -0.122. The number of rotatable bonds is 7. The number of methoxy groups -OCH3 is 1. The van der Waals surface area contributed by atoms with Crippen molar-refractivity contribution in [2.45, 2.75) is 25.4 Å². The highest BCUT2D eigenvalue weighted by Crippen LogP contribution is 2.27. The van der Waals surface area contributed by atoms with Crippen molar-refractivity contribution < 1.29 is 9.53 Å². The van der Waals surface area contributed by atoms with E-state index in [-0.39, 0.29) is 18.5 Å². The van der Waals surface area contributed by atoms with E-state index in [1.807, 2.05) is 36.4 Å². The Morgan fingerprint density at radius 3 is 2.82 bits per heavy atom. The Bertz CT molecular complexity index is 949. The average molecular weight is 379 g/mol. The minimum absolute atomic E-state index is 0.0669. The van der Waals surface area contributed by atoms with Crippen LogP contribution in [0.5, 0.6) is 5.75 Å². The summed E-state index contributed by atoms with van der Waals surface area (Å²) < 4.78 is 7.02. The maximum absolute atomic E-state index is 12.6. The second-order valence-corrected chi connectivity index (χ2v) is 7.08. The smallest absolute Gasteiger partial charge is 0.241 e. The monoisotopic (exact) mass is 379 g/mol. The van der Waals surface area contributed by atoms with Crippen LogP contribution in [0.1, 0.15) is 24.4 Å². The van der Waals surface area contributed by atoms with Gasteiger partial charge in [0.05, 0.1) is 18.7 Å². The van der Waals surface area contributed by atoms with Crippen molar-refractivity contribution in [1.29, 1.82) is 0 Å². The molecule has 0 bridgehead atoms. The summed E-state index contributed by atoms with van der Waals surface area (Å²) in [4.78, 5) is 15.0. The van der Waals surface area contributed by atoms with E-state index in [9.17, 15) is 4.79 Å². The van der Waals surface area contributed by atoms with E-state index in [0.29, 0.717) is 6.54 Å². The molecule has 1 aliphatic heterocycles. The topological polar surface area (TPSA) is 72.3 Å². The minimum atomic E-state index is -0.0669. The zero-order valence-electron chi connectivity index (χ0n) is 16.0. The molecule has 7 nitrogen and oxygen atoms in total. The number of hydrogen-bond donors (Lipinski definition) is 1. The summed E-state index contributed by atoms with van der Waals surface area (Å²) in [7, 11) is 1.67. The molecule has 0 radical (unpaired) electrons. The van der Waals surface area contributed by atoms with Gasteiger partial charge >= 0.3 is 0 Å². The lowest BCUT2D eigenvalue weighted by Gasteiger charge is -2.28. The number of nitrogens with one attached hydrogen (secondary N) is 1. The van der Waals surface area contributed by atoms with E-state index in [1.54, 1.807) is 11.8 Å². The number of ether oxygens (including phenoxy) is 1. The van der Waals surface area contributed by atoms with E-state index in [4.69, 9.17) is 4.74 Å². The molecule has 4 rings (SSSR count). The Kier molecular flexibility index (Phi) is 5.53. The Labute approximate surface area is 164 Å². The van der Waals surface area contributed by atoms with Gasteiger partial charge in [-0.3, -0.25) is 9.69 Å². The summed E-state index contributed by atoms with van der Waals surface area (Å²) in [6.45, 7) is 2.81. The number of benzene rings is 2. The van der Waals surface area contributed by atoms with Crippen molar-refractivity contribution in [3.05, 3.63) is 54.1 Å². The molecule has 1 unspecified atom stereocenters. The van der Waals surface area contributed by atoms with Crippen LogP contribution in [0, 0.1) is 0 Å². The highest BCUT2D eigenvalue weighted by Gasteiger charge is 2.24. The van der Waals surface area contributed by atoms with E-state index in [1.165, 1.54) is 12.8 Å². The fraction of sp³-hybridized carbons (Fsp3) is 0.381. The zero-order valence-corrected chi connectivity index (χ0v) is 16.0. The fourth-order valence-corrected chi connectivity index (χ4v) is 3.80. The Balaban J connectivity index is 1.45. The summed E-state index contributed by atoms with van der Waals surface area (Å²) >= 11 is 0. The lowest BCUT2D eigenvalue weighted by Crippen LogP contribution is -2.38. The number of carbonyl (C=O) groups excluding carboxylic acids is 1. The number of nitrogens with zero attached hydrogens (tertiary/aromatic N) is 4. The highest BCUT2D eigenvalue weighted by atomic mass is 16.5. The van der Waals surface area contributed by atoms with Gasteiger partial charge in [0.15, 0.2) is 0 Å². The lowest BCUT2D eigenvalue weighted by atomic mass is 10.0. The summed E-state index contributed by atoms with van der Waals surface area (Å²) in [5, 5.41) is 11.3. The van der Waals surface area contributed by atoms with Crippen molar-refractivity contribution in [2.75, 3.05) is 26.7 Å². The average Bonchev–Trinajstić information content (AvgIpc) is 3.39. The molecule has 1 saturated heterocycles. The first kappa shape index (κ1) is 18.4. The molecule has 1 atom stereocenters. The molecule has 1 fully saturated rings. The van der Waals surface area contributed by atoms with Crippen LogP contribution in [0.15, 0.2) is 48.5 Å². The fourth-order valence-electron chi connectivity index (χ4n) is 3.80. The molecule has 28 heavy (non-hydrogen) atoms. The quantitative estimate of drug-likeness (QED) is 0.682. The van der Waals surface area contributed by atoms with Gasteiger partial charge < -0.3 is 10.1 Å². The molecular formula is C21H25N5O2. The molecule has 7 heteroatoms.